The molecule has 2 fully saturated rings. The predicted octanol–water partition coefficient (Wildman–Crippen LogP) is 2.65. The molecular weight excluding hydrogens is 238 g/mol. The third-order valence-electron chi connectivity index (χ3n) is 4.37. The van der Waals surface area contributed by atoms with Gasteiger partial charge in [-0.1, -0.05) is 43.2 Å². The van der Waals surface area contributed by atoms with Crippen LogP contribution in [0.2, 0.25) is 0 Å². The van der Waals surface area contributed by atoms with Crippen LogP contribution in [-0.4, -0.2) is 18.1 Å². The summed E-state index contributed by atoms with van der Waals surface area (Å²) in [6, 6.07) is 10.3. The topological polar surface area (TPSA) is 38.3 Å². The van der Waals surface area contributed by atoms with Gasteiger partial charge in [-0.05, 0) is 30.7 Å². The Balaban J connectivity index is 1.51. The number of benzene rings is 1. The molecule has 1 aliphatic carbocycles. The van der Waals surface area contributed by atoms with Crippen molar-refractivity contribution in [1.82, 2.24) is 5.32 Å². The lowest BCUT2D eigenvalue weighted by Crippen LogP contribution is -2.37. The van der Waals surface area contributed by atoms with Crippen molar-refractivity contribution in [3.8, 4) is 0 Å². The van der Waals surface area contributed by atoms with E-state index in [2.05, 4.69) is 5.32 Å². The summed E-state index contributed by atoms with van der Waals surface area (Å²) in [6.45, 7) is 0.382. The van der Waals surface area contributed by atoms with E-state index in [1.165, 1.54) is 25.7 Å². The van der Waals surface area contributed by atoms with E-state index in [1.807, 2.05) is 30.3 Å². The van der Waals surface area contributed by atoms with E-state index >= 15 is 0 Å². The first-order valence-corrected chi connectivity index (χ1v) is 7.29. The highest BCUT2D eigenvalue weighted by atomic mass is 16.5. The quantitative estimate of drug-likeness (QED) is 0.848. The number of hydrogen-bond donors (Lipinski definition) is 1. The average molecular weight is 259 g/mol. The molecule has 0 amide bonds. The van der Waals surface area contributed by atoms with Gasteiger partial charge < -0.3 is 10.1 Å². The first-order chi connectivity index (χ1) is 9.33. The monoisotopic (exact) mass is 259 g/mol. The molecule has 1 aromatic carbocycles. The lowest BCUT2D eigenvalue weighted by atomic mass is 9.85. The van der Waals surface area contributed by atoms with Crippen molar-refractivity contribution in [3.63, 3.8) is 0 Å². The van der Waals surface area contributed by atoms with E-state index in [-0.39, 0.29) is 12.0 Å². The fourth-order valence-electron chi connectivity index (χ4n) is 3.33. The van der Waals surface area contributed by atoms with Crippen LogP contribution < -0.4 is 5.32 Å². The van der Waals surface area contributed by atoms with E-state index in [1.54, 1.807) is 0 Å². The molecule has 3 atom stereocenters. The van der Waals surface area contributed by atoms with Gasteiger partial charge in [-0.2, -0.15) is 0 Å². The van der Waals surface area contributed by atoms with Crippen LogP contribution in [0.25, 0.3) is 0 Å². The number of nitrogens with one attached hydrogen (secondary N) is 1. The maximum absolute atomic E-state index is 12.1. The highest BCUT2D eigenvalue weighted by Crippen LogP contribution is 2.33. The molecule has 1 aromatic rings. The summed E-state index contributed by atoms with van der Waals surface area (Å²) in [7, 11) is 0. The Kier molecular flexibility index (Phi) is 3.83. The van der Waals surface area contributed by atoms with Crippen LogP contribution in [0.3, 0.4) is 0 Å². The van der Waals surface area contributed by atoms with E-state index in [0.29, 0.717) is 18.6 Å². The van der Waals surface area contributed by atoms with Crippen molar-refractivity contribution >= 4 is 5.97 Å². The summed E-state index contributed by atoms with van der Waals surface area (Å²) < 4.78 is 5.42. The lowest BCUT2D eigenvalue weighted by Gasteiger charge is -2.24. The van der Waals surface area contributed by atoms with Crippen LogP contribution in [-0.2, 0) is 16.1 Å². The highest BCUT2D eigenvalue weighted by molar-refractivity contribution is 5.76. The Morgan fingerprint density at radius 2 is 2.00 bits per heavy atom. The molecule has 0 aromatic heterocycles. The van der Waals surface area contributed by atoms with Crippen molar-refractivity contribution in [2.24, 2.45) is 5.92 Å². The molecule has 3 nitrogen and oxygen atoms in total. The van der Waals surface area contributed by atoms with Crippen molar-refractivity contribution in [2.75, 3.05) is 0 Å². The average Bonchev–Trinajstić information content (AvgIpc) is 2.90. The molecule has 0 radical (unpaired) electrons. The van der Waals surface area contributed by atoms with Gasteiger partial charge in [-0.3, -0.25) is 4.79 Å². The molecule has 3 heteroatoms. The largest absolute Gasteiger partial charge is 0.460 e. The van der Waals surface area contributed by atoms with Crippen LogP contribution in [0.1, 0.15) is 37.7 Å². The van der Waals surface area contributed by atoms with E-state index < -0.39 is 0 Å². The zero-order valence-corrected chi connectivity index (χ0v) is 11.2. The zero-order chi connectivity index (χ0) is 13.1. The smallest absolute Gasteiger partial charge is 0.323 e. The normalized spacial score (nSPS) is 29.8. The summed E-state index contributed by atoms with van der Waals surface area (Å²) in [6.07, 6.45) is 6.04. The molecule has 1 N–H and O–H groups in total. The minimum atomic E-state index is -0.0863. The maximum atomic E-state index is 12.1. The molecule has 1 saturated heterocycles. The van der Waals surface area contributed by atoms with Crippen molar-refractivity contribution in [3.05, 3.63) is 35.9 Å². The van der Waals surface area contributed by atoms with E-state index in [0.717, 1.165) is 12.0 Å². The zero-order valence-electron chi connectivity index (χ0n) is 11.2. The van der Waals surface area contributed by atoms with Crippen LogP contribution in [0.4, 0.5) is 0 Å². The van der Waals surface area contributed by atoms with Gasteiger partial charge in [-0.25, -0.2) is 0 Å². The van der Waals surface area contributed by atoms with Gasteiger partial charge in [0.05, 0.1) is 0 Å². The number of rotatable bonds is 3. The number of fused-ring (bicyclic) bond motifs is 1. The number of carbonyl (C=O) groups is 1. The first kappa shape index (κ1) is 12.7. The minimum absolute atomic E-state index is 0.0850. The second-order valence-corrected chi connectivity index (χ2v) is 5.70. The molecule has 102 valence electrons. The Labute approximate surface area is 114 Å². The van der Waals surface area contributed by atoms with Gasteiger partial charge in [0.2, 0.25) is 0 Å². The number of esters is 1. The molecule has 0 unspecified atom stereocenters. The molecule has 19 heavy (non-hydrogen) atoms. The van der Waals surface area contributed by atoms with Crippen LogP contribution in [0, 0.1) is 5.92 Å². The van der Waals surface area contributed by atoms with Crippen LogP contribution in [0.5, 0.6) is 0 Å². The molecule has 3 rings (SSSR count). The van der Waals surface area contributed by atoms with Gasteiger partial charge in [0, 0.05) is 6.04 Å². The molecule has 0 bridgehead atoms. The molecule has 0 spiro atoms. The van der Waals surface area contributed by atoms with Crippen LogP contribution >= 0.6 is 0 Å². The highest BCUT2D eigenvalue weighted by Gasteiger charge is 2.38. The van der Waals surface area contributed by atoms with Gasteiger partial charge >= 0.3 is 5.97 Å². The summed E-state index contributed by atoms with van der Waals surface area (Å²) in [4.78, 5) is 12.1. The number of carbonyl (C=O) groups excluding carboxylic acids is 1. The second-order valence-electron chi connectivity index (χ2n) is 5.70. The summed E-state index contributed by atoms with van der Waals surface area (Å²) in [5.41, 5.74) is 1.05. The number of ether oxygens (including phenoxy) is 1. The van der Waals surface area contributed by atoms with E-state index in [4.69, 9.17) is 4.74 Å². The molecule has 1 heterocycles. The summed E-state index contributed by atoms with van der Waals surface area (Å²) >= 11 is 0. The van der Waals surface area contributed by atoms with Crippen molar-refractivity contribution in [2.45, 2.75) is 50.8 Å². The van der Waals surface area contributed by atoms with Gasteiger partial charge in [0.1, 0.15) is 12.6 Å². The number of hydrogen-bond acceptors (Lipinski definition) is 3. The lowest BCUT2D eigenvalue weighted by molar-refractivity contribution is -0.147. The van der Waals surface area contributed by atoms with Gasteiger partial charge in [0.25, 0.3) is 0 Å². The van der Waals surface area contributed by atoms with Crippen molar-refractivity contribution < 1.29 is 9.53 Å². The van der Waals surface area contributed by atoms with Gasteiger partial charge in [-0.15, -0.1) is 0 Å². The summed E-state index contributed by atoms with van der Waals surface area (Å²) in [5.74, 6) is 0.598. The maximum Gasteiger partial charge on any atom is 0.323 e. The third-order valence-corrected chi connectivity index (χ3v) is 4.37. The Morgan fingerprint density at radius 1 is 1.21 bits per heavy atom. The Hall–Kier alpha value is -1.35. The van der Waals surface area contributed by atoms with Crippen LogP contribution in [0.15, 0.2) is 30.3 Å². The fraction of sp³-hybridized carbons (Fsp3) is 0.562. The standard InChI is InChI=1S/C16H21NO2/c18-16(19-11-12-6-2-1-3-7-12)15-10-13-8-4-5-9-14(13)17-15/h1-3,6-7,13-15,17H,4-5,8-11H2/t13-,14+,15+/m0/s1. The van der Waals surface area contributed by atoms with Gasteiger partial charge in [0.15, 0.2) is 0 Å². The Bertz CT molecular complexity index is 418. The second kappa shape index (κ2) is 5.74. The fourth-order valence-corrected chi connectivity index (χ4v) is 3.33. The molecular formula is C16H21NO2. The van der Waals surface area contributed by atoms with Crippen molar-refractivity contribution in [1.29, 1.82) is 0 Å². The minimum Gasteiger partial charge on any atom is -0.460 e. The molecule has 1 aliphatic heterocycles. The molecule has 1 saturated carbocycles. The first-order valence-electron chi connectivity index (χ1n) is 7.29. The summed E-state index contributed by atoms with van der Waals surface area (Å²) in [5, 5.41) is 3.45. The SMILES string of the molecule is O=C(OCc1ccccc1)[C@H]1C[C@@H]2CCCC[C@H]2N1. The third kappa shape index (κ3) is 2.98. The predicted molar refractivity (Wildman–Crippen MR) is 73.5 cm³/mol. The van der Waals surface area contributed by atoms with E-state index in [9.17, 15) is 4.79 Å². The molecule has 2 aliphatic rings. The Morgan fingerprint density at radius 3 is 2.79 bits per heavy atom.